The van der Waals surface area contributed by atoms with Crippen LogP contribution in [0.4, 0.5) is 0 Å². The lowest BCUT2D eigenvalue weighted by atomic mass is 9.97. The fraction of sp³-hybridized carbons (Fsp3) is 0.650. The number of carbonyl (C=O) groups is 1. The van der Waals surface area contributed by atoms with Crippen molar-refractivity contribution in [3.63, 3.8) is 0 Å². The number of hydrogen-bond donors (Lipinski definition) is 4. The lowest BCUT2D eigenvalue weighted by molar-refractivity contribution is -0.122. The highest BCUT2D eigenvalue weighted by atomic mass is 31.2. The first-order valence-electron chi connectivity index (χ1n) is 10.0. The van der Waals surface area contributed by atoms with Gasteiger partial charge in [-0.2, -0.15) is 0 Å². The van der Waals surface area contributed by atoms with E-state index in [1.165, 1.54) is 36.8 Å². The molecule has 4 N–H and O–H groups in total. The maximum absolute atomic E-state index is 11.9. The number of phosphoric ester groups is 1. The molecule has 1 aromatic rings. The van der Waals surface area contributed by atoms with Crippen LogP contribution in [0.2, 0.25) is 0 Å². The van der Waals surface area contributed by atoms with Crippen molar-refractivity contribution in [2.45, 2.75) is 70.8 Å². The highest BCUT2D eigenvalue weighted by Gasteiger charge is 2.19. The average molecular weight is 415 g/mol. The van der Waals surface area contributed by atoms with Gasteiger partial charge in [0.2, 0.25) is 5.91 Å². The maximum atomic E-state index is 11.9. The molecule has 1 amide bonds. The zero-order valence-electron chi connectivity index (χ0n) is 16.7. The highest BCUT2D eigenvalue weighted by molar-refractivity contribution is 7.46. The molecule has 0 heterocycles. The third kappa shape index (κ3) is 11.6. The molecule has 0 spiro atoms. The molecule has 1 rings (SSSR count). The molecular formula is C20H34NO6P. The number of phosphoric acid groups is 1. The first-order valence-corrected chi connectivity index (χ1v) is 11.6. The second-order valence-corrected chi connectivity index (χ2v) is 8.26. The first-order chi connectivity index (χ1) is 13.4. The summed E-state index contributed by atoms with van der Waals surface area (Å²) in [6.45, 7) is 1.33. The summed E-state index contributed by atoms with van der Waals surface area (Å²) in [4.78, 5) is 29.3. The summed E-state index contributed by atoms with van der Waals surface area (Å²) < 4.78 is 15.0. The van der Waals surface area contributed by atoms with Gasteiger partial charge in [0.05, 0.1) is 19.3 Å². The predicted molar refractivity (Wildman–Crippen MR) is 109 cm³/mol. The number of nitrogens with one attached hydrogen (secondary N) is 1. The van der Waals surface area contributed by atoms with Gasteiger partial charge in [0.1, 0.15) is 0 Å². The first kappa shape index (κ1) is 24.8. The van der Waals surface area contributed by atoms with Crippen molar-refractivity contribution in [1.82, 2.24) is 5.32 Å². The van der Waals surface area contributed by atoms with Gasteiger partial charge in [0, 0.05) is 6.42 Å². The molecule has 160 valence electrons. The zero-order chi connectivity index (χ0) is 20.8. The number of benzene rings is 1. The highest BCUT2D eigenvalue weighted by Crippen LogP contribution is 2.35. The van der Waals surface area contributed by atoms with Crippen LogP contribution in [0.25, 0.3) is 0 Å². The average Bonchev–Trinajstić information content (AvgIpc) is 2.66. The third-order valence-corrected chi connectivity index (χ3v) is 5.03. The van der Waals surface area contributed by atoms with E-state index >= 15 is 0 Å². The number of rotatable bonds is 15. The van der Waals surface area contributed by atoms with E-state index in [9.17, 15) is 14.5 Å². The number of aryl methyl sites for hydroxylation is 2. The molecule has 8 heteroatoms. The van der Waals surface area contributed by atoms with Crippen LogP contribution in [0.15, 0.2) is 24.3 Å². The number of amides is 1. The van der Waals surface area contributed by atoms with Gasteiger partial charge in [-0.05, 0) is 43.2 Å². The van der Waals surface area contributed by atoms with Crippen LogP contribution in [0.5, 0.6) is 0 Å². The van der Waals surface area contributed by atoms with Gasteiger partial charge < -0.3 is 20.2 Å². The van der Waals surface area contributed by atoms with Gasteiger partial charge in [0.25, 0.3) is 0 Å². The molecule has 0 aliphatic carbocycles. The monoisotopic (exact) mass is 415 g/mol. The SMILES string of the molecule is CCCCCCc1ccccc1CCCCC(=O)NC(CO)COP(=O)(O)O. The molecule has 1 aromatic carbocycles. The molecule has 0 aromatic heterocycles. The van der Waals surface area contributed by atoms with E-state index in [-0.39, 0.29) is 5.91 Å². The topological polar surface area (TPSA) is 116 Å². The second-order valence-electron chi connectivity index (χ2n) is 7.02. The summed E-state index contributed by atoms with van der Waals surface area (Å²) in [7, 11) is -4.62. The maximum Gasteiger partial charge on any atom is 0.469 e. The molecule has 0 radical (unpaired) electrons. The largest absolute Gasteiger partial charge is 0.469 e. The van der Waals surface area contributed by atoms with Crippen LogP contribution in [-0.2, 0) is 26.7 Å². The van der Waals surface area contributed by atoms with E-state index in [0.717, 1.165) is 19.3 Å². The standard InChI is InChI=1S/C20H34NO6P/c1-2-3-4-5-10-17-11-6-7-12-18(17)13-8-9-14-20(23)21-19(15-22)16-27-28(24,25)26/h6-7,11-12,19,22H,2-5,8-10,13-16H2,1H3,(H,21,23)(H2,24,25,26). The van der Waals surface area contributed by atoms with Gasteiger partial charge in [0.15, 0.2) is 0 Å². The molecule has 0 aliphatic heterocycles. The Kier molecular flexibility index (Phi) is 12.3. The van der Waals surface area contributed by atoms with Crippen LogP contribution < -0.4 is 5.32 Å². The lowest BCUT2D eigenvalue weighted by Gasteiger charge is -2.16. The van der Waals surface area contributed by atoms with Crippen molar-refractivity contribution in [2.24, 2.45) is 0 Å². The molecule has 0 bridgehead atoms. The van der Waals surface area contributed by atoms with Gasteiger partial charge in [-0.1, -0.05) is 50.5 Å². The minimum absolute atomic E-state index is 0.263. The molecule has 0 saturated carbocycles. The molecule has 1 atom stereocenters. The second kappa shape index (κ2) is 13.9. The number of unbranched alkanes of at least 4 members (excludes halogenated alkanes) is 4. The Bertz CT molecular complexity index is 618. The van der Waals surface area contributed by atoms with Gasteiger partial charge in [-0.15, -0.1) is 0 Å². The molecule has 0 fully saturated rings. The van der Waals surface area contributed by atoms with E-state index in [4.69, 9.17) is 9.79 Å². The van der Waals surface area contributed by atoms with Gasteiger partial charge >= 0.3 is 7.82 Å². The van der Waals surface area contributed by atoms with Crippen molar-refractivity contribution >= 4 is 13.7 Å². The van der Waals surface area contributed by atoms with Crippen LogP contribution in [0.1, 0.15) is 63.0 Å². The van der Waals surface area contributed by atoms with E-state index in [2.05, 4.69) is 35.0 Å². The fourth-order valence-electron chi connectivity index (χ4n) is 3.02. The van der Waals surface area contributed by atoms with Gasteiger partial charge in [-0.3, -0.25) is 9.32 Å². The quantitative estimate of drug-likeness (QED) is 0.258. The van der Waals surface area contributed by atoms with Crippen molar-refractivity contribution in [3.05, 3.63) is 35.4 Å². The Hall–Kier alpha value is -1.24. The summed E-state index contributed by atoms with van der Waals surface area (Å²) >= 11 is 0. The molecule has 7 nitrogen and oxygen atoms in total. The normalized spacial score (nSPS) is 12.7. The number of aliphatic hydroxyl groups is 1. The zero-order valence-corrected chi connectivity index (χ0v) is 17.6. The van der Waals surface area contributed by atoms with Crippen molar-refractivity contribution in [1.29, 1.82) is 0 Å². The lowest BCUT2D eigenvalue weighted by Crippen LogP contribution is -2.40. The minimum Gasteiger partial charge on any atom is -0.394 e. The van der Waals surface area contributed by atoms with E-state index in [0.29, 0.717) is 12.8 Å². The Morgan fingerprint density at radius 2 is 1.68 bits per heavy atom. The number of aliphatic hydroxyl groups excluding tert-OH is 1. The molecule has 0 saturated heterocycles. The smallest absolute Gasteiger partial charge is 0.394 e. The van der Waals surface area contributed by atoms with Crippen molar-refractivity contribution in [3.8, 4) is 0 Å². The van der Waals surface area contributed by atoms with E-state index < -0.39 is 27.1 Å². The molecule has 1 unspecified atom stereocenters. The van der Waals surface area contributed by atoms with Crippen LogP contribution in [0, 0.1) is 0 Å². The molecule has 0 aliphatic rings. The van der Waals surface area contributed by atoms with E-state index in [1.807, 2.05) is 6.07 Å². The summed E-state index contributed by atoms with van der Waals surface area (Å²) in [6, 6.07) is 7.62. The Balaban J connectivity index is 2.32. The van der Waals surface area contributed by atoms with Gasteiger partial charge in [-0.25, -0.2) is 4.57 Å². The fourth-order valence-corrected chi connectivity index (χ4v) is 3.39. The Morgan fingerprint density at radius 1 is 1.07 bits per heavy atom. The summed E-state index contributed by atoms with van der Waals surface area (Å²) in [5.41, 5.74) is 2.72. The summed E-state index contributed by atoms with van der Waals surface area (Å²) in [5, 5.41) is 11.7. The van der Waals surface area contributed by atoms with Crippen LogP contribution >= 0.6 is 7.82 Å². The van der Waals surface area contributed by atoms with Crippen LogP contribution in [-0.4, -0.2) is 40.1 Å². The summed E-state index contributed by atoms with van der Waals surface area (Å²) in [6.07, 6.45) is 8.84. The number of carbonyl (C=O) groups excluding carboxylic acids is 1. The molecule has 28 heavy (non-hydrogen) atoms. The van der Waals surface area contributed by atoms with E-state index in [1.54, 1.807) is 0 Å². The number of hydrogen-bond acceptors (Lipinski definition) is 4. The Labute approximate surface area is 167 Å². The Morgan fingerprint density at radius 3 is 2.21 bits per heavy atom. The third-order valence-electron chi connectivity index (χ3n) is 4.55. The molecular weight excluding hydrogens is 381 g/mol. The van der Waals surface area contributed by atoms with Crippen LogP contribution in [0.3, 0.4) is 0 Å². The summed E-state index contributed by atoms with van der Waals surface area (Å²) in [5.74, 6) is -0.263. The van der Waals surface area contributed by atoms with Crippen molar-refractivity contribution in [2.75, 3.05) is 13.2 Å². The predicted octanol–water partition coefficient (Wildman–Crippen LogP) is 3.11. The van der Waals surface area contributed by atoms with Crippen molar-refractivity contribution < 1.29 is 28.8 Å². The minimum atomic E-state index is -4.62.